The molecule has 0 bridgehead atoms. The van der Waals surface area contributed by atoms with E-state index in [1.54, 1.807) is 14.0 Å². The standard InChI is InChI=1S/C9H18N2O2/c1-6(2)10-9(13)7(3)11(5)8(4)12/h6-7H,1-5H3,(H,10,13). The van der Waals surface area contributed by atoms with E-state index >= 15 is 0 Å². The molecule has 0 rings (SSSR count). The van der Waals surface area contributed by atoms with Gasteiger partial charge in [-0.2, -0.15) is 0 Å². The van der Waals surface area contributed by atoms with Crippen LogP contribution in [0, 0.1) is 0 Å². The van der Waals surface area contributed by atoms with Gasteiger partial charge in [0.15, 0.2) is 0 Å². The van der Waals surface area contributed by atoms with Gasteiger partial charge in [0.1, 0.15) is 6.04 Å². The van der Waals surface area contributed by atoms with Crippen LogP contribution in [0.5, 0.6) is 0 Å². The Morgan fingerprint density at radius 1 is 1.23 bits per heavy atom. The minimum atomic E-state index is -0.403. The van der Waals surface area contributed by atoms with Gasteiger partial charge >= 0.3 is 0 Å². The number of carbonyl (C=O) groups excluding carboxylic acids is 2. The second-order valence-corrected chi connectivity index (χ2v) is 3.47. The normalized spacial score (nSPS) is 12.5. The summed E-state index contributed by atoms with van der Waals surface area (Å²) in [5.41, 5.74) is 0. The number of amides is 2. The molecule has 76 valence electrons. The molecule has 2 amide bonds. The van der Waals surface area contributed by atoms with E-state index in [9.17, 15) is 9.59 Å². The predicted molar refractivity (Wildman–Crippen MR) is 51.2 cm³/mol. The van der Waals surface area contributed by atoms with Crippen LogP contribution in [-0.2, 0) is 9.59 Å². The first-order valence-corrected chi connectivity index (χ1v) is 4.40. The van der Waals surface area contributed by atoms with E-state index < -0.39 is 6.04 Å². The van der Waals surface area contributed by atoms with Crippen molar-refractivity contribution in [3.8, 4) is 0 Å². The lowest BCUT2D eigenvalue weighted by Crippen LogP contribution is -2.47. The molecule has 0 aromatic rings. The zero-order valence-electron chi connectivity index (χ0n) is 8.92. The molecule has 4 nitrogen and oxygen atoms in total. The third-order valence-corrected chi connectivity index (χ3v) is 1.89. The highest BCUT2D eigenvalue weighted by Crippen LogP contribution is 1.96. The van der Waals surface area contributed by atoms with Gasteiger partial charge in [0, 0.05) is 20.0 Å². The average molecular weight is 186 g/mol. The Labute approximate surface area is 79.3 Å². The van der Waals surface area contributed by atoms with Crippen LogP contribution in [0.15, 0.2) is 0 Å². The van der Waals surface area contributed by atoms with E-state index in [2.05, 4.69) is 5.32 Å². The fraction of sp³-hybridized carbons (Fsp3) is 0.778. The van der Waals surface area contributed by atoms with Gasteiger partial charge in [-0.1, -0.05) is 0 Å². The molecule has 0 saturated heterocycles. The maximum absolute atomic E-state index is 11.4. The summed E-state index contributed by atoms with van der Waals surface area (Å²) in [5.74, 6) is -0.223. The molecular formula is C9H18N2O2. The second kappa shape index (κ2) is 4.84. The smallest absolute Gasteiger partial charge is 0.242 e. The van der Waals surface area contributed by atoms with E-state index in [0.717, 1.165) is 0 Å². The van der Waals surface area contributed by atoms with Crippen molar-refractivity contribution in [2.45, 2.75) is 39.8 Å². The number of rotatable bonds is 3. The fourth-order valence-corrected chi connectivity index (χ4v) is 0.854. The van der Waals surface area contributed by atoms with Gasteiger partial charge in [-0.15, -0.1) is 0 Å². The quantitative estimate of drug-likeness (QED) is 0.692. The van der Waals surface area contributed by atoms with Gasteiger partial charge < -0.3 is 10.2 Å². The third-order valence-electron chi connectivity index (χ3n) is 1.89. The monoisotopic (exact) mass is 186 g/mol. The van der Waals surface area contributed by atoms with Crippen molar-refractivity contribution in [3.63, 3.8) is 0 Å². The maximum Gasteiger partial charge on any atom is 0.242 e. The lowest BCUT2D eigenvalue weighted by atomic mass is 10.2. The molecule has 1 unspecified atom stereocenters. The Kier molecular flexibility index (Phi) is 4.45. The summed E-state index contributed by atoms with van der Waals surface area (Å²) < 4.78 is 0. The molecule has 0 spiro atoms. The third kappa shape index (κ3) is 3.92. The summed E-state index contributed by atoms with van der Waals surface area (Å²) in [6, 6.07) is -0.296. The van der Waals surface area contributed by atoms with E-state index in [1.165, 1.54) is 11.8 Å². The zero-order chi connectivity index (χ0) is 10.6. The molecule has 0 aromatic carbocycles. The minimum absolute atomic E-state index is 0.105. The van der Waals surface area contributed by atoms with E-state index in [-0.39, 0.29) is 17.9 Å². The molecule has 0 fully saturated rings. The summed E-state index contributed by atoms with van der Waals surface area (Å²) in [6.45, 7) is 6.93. The van der Waals surface area contributed by atoms with Crippen molar-refractivity contribution in [2.24, 2.45) is 0 Å². The molecule has 0 saturated carbocycles. The van der Waals surface area contributed by atoms with Crippen LogP contribution < -0.4 is 5.32 Å². The lowest BCUT2D eigenvalue weighted by Gasteiger charge is -2.23. The Bertz CT molecular complexity index is 202. The topological polar surface area (TPSA) is 49.4 Å². The molecule has 0 heterocycles. The Balaban J connectivity index is 4.17. The minimum Gasteiger partial charge on any atom is -0.352 e. The second-order valence-electron chi connectivity index (χ2n) is 3.47. The van der Waals surface area contributed by atoms with Crippen LogP contribution in [0.2, 0.25) is 0 Å². The van der Waals surface area contributed by atoms with Crippen molar-refractivity contribution in [3.05, 3.63) is 0 Å². The zero-order valence-corrected chi connectivity index (χ0v) is 8.92. The number of hydrogen-bond donors (Lipinski definition) is 1. The molecule has 0 radical (unpaired) electrons. The number of nitrogens with one attached hydrogen (secondary N) is 1. The van der Waals surface area contributed by atoms with Gasteiger partial charge in [0.05, 0.1) is 0 Å². The highest BCUT2D eigenvalue weighted by atomic mass is 16.2. The van der Waals surface area contributed by atoms with Crippen LogP contribution in [0.1, 0.15) is 27.7 Å². The fourth-order valence-electron chi connectivity index (χ4n) is 0.854. The van der Waals surface area contributed by atoms with E-state index in [4.69, 9.17) is 0 Å². The van der Waals surface area contributed by atoms with Crippen molar-refractivity contribution >= 4 is 11.8 Å². The molecule has 1 N–H and O–H groups in total. The summed E-state index contributed by atoms with van der Waals surface area (Å²) in [7, 11) is 1.62. The van der Waals surface area contributed by atoms with Crippen LogP contribution in [-0.4, -0.2) is 35.8 Å². The Hall–Kier alpha value is -1.06. The number of likely N-dealkylation sites (N-methyl/N-ethyl adjacent to an activating group) is 1. The molecule has 1 atom stereocenters. The van der Waals surface area contributed by atoms with Gasteiger partial charge in [0.25, 0.3) is 0 Å². The van der Waals surface area contributed by atoms with Crippen molar-refractivity contribution in [1.82, 2.24) is 10.2 Å². The van der Waals surface area contributed by atoms with Crippen molar-refractivity contribution in [1.29, 1.82) is 0 Å². The number of hydrogen-bond acceptors (Lipinski definition) is 2. The molecule has 0 aromatic heterocycles. The summed E-state index contributed by atoms with van der Waals surface area (Å²) in [5, 5.41) is 2.75. The van der Waals surface area contributed by atoms with E-state index in [0.29, 0.717) is 0 Å². The van der Waals surface area contributed by atoms with Crippen LogP contribution in [0.25, 0.3) is 0 Å². The van der Waals surface area contributed by atoms with Crippen molar-refractivity contribution < 1.29 is 9.59 Å². The SMILES string of the molecule is CC(=O)N(C)C(C)C(=O)NC(C)C. The molecule has 0 aliphatic heterocycles. The average Bonchev–Trinajstić information content (AvgIpc) is 2.00. The summed E-state index contributed by atoms with van der Waals surface area (Å²) in [4.78, 5) is 23.7. The highest BCUT2D eigenvalue weighted by Gasteiger charge is 2.19. The first-order chi connectivity index (χ1) is 5.86. The molecule has 13 heavy (non-hydrogen) atoms. The summed E-state index contributed by atoms with van der Waals surface area (Å²) >= 11 is 0. The first kappa shape index (κ1) is 11.9. The van der Waals surface area contributed by atoms with Gasteiger partial charge in [0.2, 0.25) is 11.8 Å². The van der Waals surface area contributed by atoms with Gasteiger partial charge in [-0.05, 0) is 20.8 Å². The van der Waals surface area contributed by atoms with E-state index in [1.807, 2.05) is 13.8 Å². The van der Waals surface area contributed by atoms with Crippen LogP contribution in [0.4, 0.5) is 0 Å². The van der Waals surface area contributed by atoms with Crippen LogP contribution >= 0.6 is 0 Å². The number of carbonyl (C=O) groups is 2. The number of nitrogens with zero attached hydrogens (tertiary/aromatic N) is 1. The predicted octanol–water partition coefficient (Wildman–Crippen LogP) is 0.378. The summed E-state index contributed by atoms with van der Waals surface area (Å²) in [6.07, 6.45) is 0. The lowest BCUT2D eigenvalue weighted by molar-refractivity contribution is -0.137. The Morgan fingerprint density at radius 2 is 1.69 bits per heavy atom. The van der Waals surface area contributed by atoms with Gasteiger partial charge in [-0.25, -0.2) is 0 Å². The Morgan fingerprint density at radius 3 is 2.00 bits per heavy atom. The van der Waals surface area contributed by atoms with Gasteiger partial charge in [-0.3, -0.25) is 9.59 Å². The largest absolute Gasteiger partial charge is 0.352 e. The molecule has 4 heteroatoms. The highest BCUT2D eigenvalue weighted by molar-refractivity contribution is 5.86. The van der Waals surface area contributed by atoms with Crippen LogP contribution in [0.3, 0.4) is 0 Å². The first-order valence-electron chi connectivity index (χ1n) is 4.40. The molecule has 0 aliphatic carbocycles. The van der Waals surface area contributed by atoms with Crippen molar-refractivity contribution in [2.75, 3.05) is 7.05 Å². The molecule has 0 aliphatic rings. The maximum atomic E-state index is 11.4. The molecular weight excluding hydrogens is 168 g/mol.